The van der Waals surface area contributed by atoms with Crippen LogP contribution < -0.4 is 10.5 Å². The third-order valence-electron chi connectivity index (χ3n) is 2.31. The SMILES string of the molecule is CC(COc1ccc(CCO)cc1)C(N)=O. The van der Waals surface area contributed by atoms with Crippen molar-refractivity contribution in [1.29, 1.82) is 0 Å². The highest BCUT2D eigenvalue weighted by Gasteiger charge is 2.08. The first-order chi connectivity index (χ1) is 7.63. The van der Waals surface area contributed by atoms with E-state index >= 15 is 0 Å². The van der Waals surface area contributed by atoms with Crippen LogP contribution in [0.2, 0.25) is 0 Å². The molecule has 1 aromatic carbocycles. The molecule has 0 saturated heterocycles. The maximum atomic E-state index is 10.8. The molecule has 0 fully saturated rings. The number of amides is 1. The zero-order valence-electron chi connectivity index (χ0n) is 9.35. The number of ether oxygens (including phenoxy) is 1. The number of primary amides is 1. The predicted octanol–water partition coefficient (Wildman–Crippen LogP) is 0.722. The second-order valence-corrected chi connectivity index (χ2v) is 3.73. The summed E-state index contributed by atoms with van der Waals surface area (Å²) in [5.41, 5.74) is 6.17. The van der Waals surface area contributed by atoms with Crippen molar-refractivity contribution in [2.75, 3.05) is 13.2 Å². The summed E-state index contributed by atoms with van der Waals surface area (Å²) in [7, 11) is 0. The Labute approximate surface area is 95.0 Å². The number of aliphatic hydroxyl groups excluding tert-OH is 1. The summed E-state index contributed by atoms with van der Waals surface area (Å²) in [5.74, 6) is 0.0452. The van der Waals surface area contributed by atoms with Gasteiger partial charge in [-0.25, -0.2) is 0 Å². The summed E-state index contributed by atoms with van der Waals surface area (Å²) >= 11 is 0. The summed E-state index contributed by atoms with van der Waals surface area (Å²) in [4.78, 5) is 10.8. The van der Waals surface area contributed by atoms with Crippen LogP contribution in [0.4, 0.5) is 0 Å². The third-order valence-corrected chi connectivity index (χ3v) is 2.31. The molecule has 1 amide bonds. The van der Waals surface area contributed by atoms with Gasteiger partial charge in [-0.05, 0) is 24.1 Å². The molecule has 4 nitrogen and oxygen atoms in total. The van der Waals surface area contributed by atoms with Crippen LogP contribution in [0.5, 0.6) is 5.75 Å². The fourth-order valence-corrected chi connectivity index (χ4v) is 1.18. The van der Waals surface area contributed by atoms with E-state index in [0.29, 0.717) is 12.2 Å². The zero-order valence-corrected chi connectivity index (χ0v) is 9.35. The highest BCUT2D eigenvalue weighted by molar-refractivity contribution is 5.76. The maximum Gasteiger partial charge on any atom is 0.223 e. The van der Waals surface area contributed by atoms with Crippen molar-refractivity contribution in [3.8, 4) is 5.75 Å². The average molecular weight is 223 g/mol. The van der Waals surface area contributed by atoms with E-state index in [1.165, 1.54) is 0 Å². The first-order valence-corrected chi connectivity index (χ1v) is 5.25. The quantitative estimate of drug-likeness (QED) is 0.746. The van der Waals surface area contributed by atoms with E-state index in [-0.39, 0.29) is 25.0 Å². The molecular formula is C12H17NO3. The van der Waals surface area contributed by atoms with Crippen molar-refractivity contribution >= 4 is 5.91 Å². The molecule has 0 spiro atoms. The van der Waals surface area contributed by atoms with Gasteiger partial charge in [0.2, 0.25) is 5.91 Å². The molecule has 3 N–H and O–H groups in total. The molecular weight excluding hydrogens is 206 g/mol. The van der Waals surface area contributed by atoms with E-state index in [1.54, 1.807) is 6.92 Å². The van der Waals surface area contributed by atoms with Crippen LogP contribution in [0.25, 0.3) is 0 Å². The Balaban J connectivity index is 2.46. The number of hydrogen-bond acceptors (Lipinski definition) is 3. The minimum absolute atomic E-state index is 0.138. The molecule has 1 rings (SSSR count). The Kier molecular flexibility index (Phi) is 4.79. The first-order valence-electron chi connectivity index (χ1n) is 5.25. The van der Waals surface area contributed by atoms with E-state index in [2.05, 4.69) is 0 Å². The number of carbonyl (C=O) groups is 1. The van der Waals surface area contributed by atoms with Gasteiger partial charge >= 0.3 is 0 Å². The minimum atomic E-state index is -0.364. The molecule has 0 saturated carbocycles. The summed E-state index contributed by atoms with van der Waals surface area (Å²) in [6.45, 7) is 2.15. The average Bonchev–Trinajstić information content (AvgIpc) is 2.28. The molecule has 0 heterocycles. The molecule has 0 aliphatic heterocycles. The van der Waals surface area contributed by atoms with Gasteiger partial charge in [-0.2, -0.15) is 0 Å². The fourth-order valence-electron chi connectivity index (χ4n) is 1.18. The van der Waals surface area contributed by atoms with Crippen molar-refractivity contribution in [3.05, 3.63) is 29.8 Å². The number of nitrogens with two attached hydrogens (primary N) is 1. The summed E-state index contributed by atoms with van der Waals surface area (Å²) in [5, 5.41) is 8.74. The normalized spacial score (nSPS) is 12.1. The first kappa shape index (κ1) is 12.5. The van der Waals surface area contributed by atoms with Crippen molar-refractivity contribution in [1.82, 2.24) is 0 Å². The van der Waals surface area contributed by atoms with E-state index in [4.69, 9.17) is 15.6 Å². The standard InChI is InChI=1S/C12H17NO3/c1-9(12(13)15)8-16-11-4-2-10(3-5-11)6-7-14/h2-5,9,14H,6-8H2,1H3,(H2,13,15). The Morgan fingerprint density at radius 1 is 1.44 bits per heavy atom. The second kappa shape index (κ2) is 6.12. The Bertz CT molecular complexity index is 335. The minimum Gasteiger partial charge on any atom is -0.493 e. The predicted molar refractivity (Wildman–Crippen MR) is 61.1 cm³/mol. The molecule has 1 aromatic rings. The van der Waals surface area contributed by atoms with Gasteiger partial charge in [-0.1, -0.05) is 19.1 Å². The molecule has 1 unspecified atom stereocenters. The molecule has 4 heteroatoms. The molecule has 0 aliphatic carbocycles. The topological polar surface area (TPSA) is 72.6 Å². The number of carbonyl (C=O) groups excluding carboxylic acids is 1. The summed E-state index contributed by atoms with van der Waals surface area (Å²) in [6, 6.07) is 7.42. The van der Waals surface area contributed by atoms with E-state index in [0.717, 1.165) is 5.56 Å². The number of rotatable bonds is 6. The van der Waals surface area contributed by atoms with Crippen molar-refractivity contribution in [2.24, 2.45) is 11.7 Å². The van der Waals surface area contributed by atoms with E-state index in [1.807, 2.05) is 24.3 Å². The van der Waals surface area contributed by atoms with Gasteiger partial charge in [0.15, 0.2) is 0 Å². The van der Waals surface area contributed by atoms with Crippen LogP contribution in [0.3, 0.4) is 0 Å². The highest BCUT2D eigenvalue weighted by atomic mass is 16.5. The second-order valence-electron chi connectivity index (χ2n) is 3.73. The van der Waals surface area contributed by atoms with Crippen molar-refractivity contribution in [3.63, 3.8) is 0 Å². The van der Waals surface area contributed by atoms with E-state index in [9.17, 15) is 4.79 Å². The molecule has 0 aromatic heterocycles. The Morgan fingerprint density at radius 2 is 2.06 bits per heavy atom. The molecule has 0 radical (unpaired) electrons. The van der Waals surface area contributed by atoms with Gasteiger partial charge in [0.05, 0.1) is 12.5 Å². The number of benzene rings is 1. The van der Waals surface area contributed by atoms with Crippen molar-refractivity contribution in [2.45, 2.75) is 13.3 Å². The lowest BCUT2D eigenvalue weighted by Gasteiger charge is -2.10. The molecule has 16 heavy (non-hydrogen) atoms. The van der Waals surface area contributed by atoms with Crippen LogP contribution in [0.1, 0.15) is 12.5 Å². The van der Waals surface area contributed by atoms with Gasteiger partial charge in [0, 0.05) is 6.61 Å². The van der Waals surface area contributed by atoms with Gasteiger partial charge in [-0.15, -0.1) is 0 Å². The molecule has 0 aliphatic rings. The van der Waals surface area contributed by atoms with Crippen LogP contribution in [-0.2, 0) is 11.2 Å². The van der Waals surface area contributed by atoms with Crippen LogP contribution in [0.15, 0.2) is 24.3 Å². The van der Waals surface area contributed by atoms with Crippen LogP contribution >= 0.6 is 0 Å². The molecule has 88 valence electrons. The Morgan fingerprint density at radius 3 is 2.56 bits per heavy atom. The fraction of sp³-hybridized carbons (Fsp3) is 0.417. The van der Waals surface area contributed by atoms with Gasteiger partial charge in [0.1, 0.15) is 5.75 Å². The third kappa shape index (κ3) is 3.90. The maximum absolute atomic E-state index is 10.8. The molecule has 1 atom stereocenters. The van der Waals surface area contributed by atoms with Gasteiger partial charge in [0.25, 0.3) is 0 Å². The van der Waals surface area contributed by atoms with Gasteiger partial charge < -0.3 is 15.6 Å². The lowest BCUT2D eigenvalue weighted by Crippen LogP contribution is -2.25. The van der Waals surface area contributed by atoms with Crippen LogP contribution in [-0.4, -0.2) is 24.2 Å². The molecule has 0 bridgehead atoms. The van der Waals surface area contributed by atoms with E-state index < -0.39 is 0 Å². The lowest BCUT2D eigenvalue weighted by atomic mass is 10.1. The van der Waals surface area contributed by atoms with Crippen LogP contribution in [0, 0.1) is 5.92 Å². The highest BCUT2D eigenvalue weighted by Crippen LogP contribution is 2.13. The van der Waals surface area contributed by atoms with Gasteiger partial charge in [-0.3, -0.25) is 4.79 Å². The monoisotopic (exact) mass is 223 g/mol. The number of aliphatic hydroxyl groups is 1. The largest absolute Gasteiger partial charge is 0.493 e. The summed E-state index contributed by atoms with van der Waals surface area (Å²) in [6.07, 6.45) is 0.637. The number of hydrogen-bond donors (Lipinski definition) is 2. The smallest absolute Gasteiger partial charge is 0.223 e. The summed E-state index contributed by atoms with van der Waals surface area (Å²) < 4.78 is 5.40. The lowest BCUT2D eigenvalue weighted by molar-refractivity contribution is -0.122. The Hall–Kier alpha value is -1.55. The zero-order chi connectivity index (χ0) is 12.0. The van der Waals surface area contributed by atoms with Crippen molar-refractivity contribution < 1.29 is 14.6 Å².